The number of quaternary nitrogens is 1. The second kappa shape index (κ2) is 9.31. The Hall–Kier alpha value is -1.69. The second-order valence-electron chi connectivity index (χ2n) is 7.60. The molecule has 1 unspecified atom stereocenters. The Bertz CT molecular complexity index is 580. The first-order valence-electron chi connectivity index (χ1n) is 9.74. The van der Waals surface area contributed by atoms with E-state index in [1.165, 1.54) is 49.1 Å². The highest BCUT2D eigenvalue weighted by molar-refractivity contribution is 5.76. The van der Waals surface area contributed by atoms with E-state index in [0.717, 1.165) is 30.5 Å². The molecule has 26 heavy (non-hydrogen) atoms. The van der Waals surface area contributed by atoms with Crippen LogP contribution in [-0.4, -0.2) is 38.7 Å². The van der Waals surface area contributed by atoms with Crippen LogP contribution in [0.15, 0.2) is 24.3 Å². The third-order valence-electron chi connectivity index (χ3n) is 5.78. The molecule has 3 atom stereocenters. The summed E-state index contributed by atoms with van der Waals surface area (Å²) in [5.41, 5.74) is 0.988. The Balaban J connectivity index is 1.35. The van der Waals surface area contributed by atoms with Crippen LogP contribution < -0.4 is 15.0 Å². The number of alkyl halides is 2. The molecule has 6 heteroatoms. The molecule has 1 saturated heterocycles. The molecule has 0 radical (unpaired) electrons. The van der Waals surface area contributed by atoms with Gasteiger partial charge in [0, 0.05) is 12.5 Å². The molecule has 0 spiro atoms. The Labute approximate surface area is 153 Å². The second-order valence-corrected chi connectivity index (χ2v) is 7.60. The molecule has 144 valence electrons. The number of carbonyl (C=O) groups is 1. The number of carbonyl (C=O) groups excluding carboxylic acids is 1. The number of ether oxygens (including phenoxy) is 1. The minimum atomic E-state index is -2.80. The van der Waals surface area contributed by atoms with Gasteiger partial charge in [0.1, 0.15) is 5.75 Å². The molecule has 2 fully saturated rings. The van der Waals surface area contributed by atoms with Gasteiger partial charge in [-0.2, -0.15) is 8.78 Å². The molecular weight excluding hydrogens is 338 g/mol. The molecule has 2 aliphatic rings. The summed E-state index contributed by atoms with van der Waals surface area (Å²) in [7, 11) is 0. The van der Waals surface area contributed by atoms with Crippen molar-refractivity contribution in [3.05, 3.63) is 29.8 Å². The molecule has 0 bridgehead atoms. The van der Waals surface area contributed by atoms with Gasteiger partial charge in [0.25, 0.3) is 5.91 Å². The predicted molar refractivity (Wildman–Crippen MR) is 95.4 cm³/mol. The van der Waals surface area contributed by atoms with Crippen molar-refractivity contribution >= 4 is 5.91 Å². The average molecular weight is 367 g/mol. The Morgan fingerprint density at radius 3 is 2.62 bits per heavy atom. The van der Waals surface area contributed by atoms with Crippen molar-refractivity contribution in [3.63, 3.8) is 0 Å². The lowest BCUT2D eigenvalue weighted by molar-refractivity contribution is -0.902. The van der Waals surface area contributed by atoms with Crippen LogP contribution >= 0.6 is 0 Å². The average Bonchev–Trinajstić information content (AvgIpc) is 2.62. The van der Waals surface area contributed by atoms with Gasteiger partial charge < -0.3 is 15.0 Å². The summed E-state index contributed by atoms with van der Waals surface area (Å²) in [5, 5.41) is 2.99. The SMILES string of the molecule is O=C(C[NH+]1CC[C@@H]2CCCC[C@@H]2C1)NCCc1ccc(OC(F)F)cc1. The number of fused-ring (bicyclic) bond motifs is 1. The van der Waals surface area contributed by atoms with Gasteiger partial charge in [-0.05, 0) is 49.3 Å². The fourth-order valence-electron chi connectivity index (χ4n) is 4.43. The van der Waals surface area contributed by atoms with Crippen LogP contribution in [0.3, 0.4) is 0 Å². The van der Waals surface area contributed by atoms with Crippen molar-refractivity contribution in [1.82, 2.24) is 5.32 Å². The van der Waals surface area contributed by atoms with Crippen LogP contribution in [-0.2, 0) is 11.2 Å². The number of piperidine rings is 1. The van der Waals surface area contributed by atoms with Gasteiger partial charge >= 0.3 is 6.61 Å². The van der Waals surface area contributed by atoms with E-state index in [1.54, 1.807) is 12.1 Å². The summed E-state index contributed by atoms with van der Waals surface area (Å²) < 4.78 is 28.6. The number of hydrogen-bond acceptors (Lipinski definition) is 2. The lowest BCUT2D eigenvalue weighted by Crippen LogP contribution is -3.15. The van der Waals surface area contributed by atoms with E-state index in [4.69, 9.17) is 0 Å². The molecule has 1 aromatic rings. The van der Waals surface area contributed by atoms with Crippen LogP contribution in [0.2, 0.25) is 0 Å². The number of rotatable bonds is 7. The van der Waals surface area contributed by atoms with E-state index >= 15 is 0 Å². The lowest BCUT2D eigenvalue weighted by Gasteiger charge is -2.38. The molecule has 3 rings (SSSR count). The van der Waals surface area contributed by atoms with E-state index in [-0.39, 0.29) is 11.7 Å². The largest absolute Gasteiger partial charge is 0.435 e. The summed E-state index contributed by atoms with van der Waals surface area (Å²) in [4.78, 5) is 13.6. The number of amides is 1. The third kappa shape index (κ3) is 5.66. The van der Waals surface area contributed by atoms with E-state index in [9.17, 15) is 13.6 Å². The summed E-state index contributed by atoms with van der Waals surface area (Å²) >= 11 is 0. The minimum absolute atomic E-state index is 0.104. The molecule has 4 nitrogen and oxygen atoms in total. The molecule has 1 aliphatic carbocycles. The van der Waals surface area contributed by atoms with Gasteiger partial charge in [0.15, 0.2) is 6.54 Å². The molecular formula is C20H29F2N2O2+. The van der Waals surface area contributed by atoms with Crippen LogP contribution in [0.4, 0.5) is 8.78 Å². The molecule has 1 saturated carbocycles. The molecule has 1 heterocycles. The van der Waals surface area contributed by atoms with Crippen LogP contribution in [0.25, 0.3) is 0 Å². The maximum Gasteiger partial charge on any atom is 0.387 e. The van der Waals surface area contributed by atoms with Crippen LogP contribution in [0.1, 0.15) is 37.7 Å². The minimum Gasteiger partial charge on any atom is -0.435 e. The lowest BCUT2D eigenvalue weighted by atomic mass is 9.75. The van der Waals surface area contributed by atoms with Crippen molar-refractivity contribution in [2.45, 2.75) is 45.1 Å². The van der Waals surface area contributed by atoms with Crippen molar-refractivity contribution in [2.24, 2.45) is 11.8 Å². The zero-order chi connectivity index (χ0) is 18.4. The molecule has 2 N–H and O–H groups in total. The Morgan fingerprint density at radius 1 is 1.15 bits per heavy atom. The van der Waals surface area contributed by atoms with E-state index in [0.29, 0.717) is 19.5 Å². The summed E-state index contributed by atoms with van der Waals surface area (Å²) in [6.45, 7) is 0.572. The van der Waals surface area contributed by atoms with Crippen LogP contribution in [0, 0.1) is 11.8 Å². The molecule has 0 aromatic heterocycles. The number of hydrogen-bond donors (Lipinski definition) is 2. The fraction of sp³-hybridized carbons (Fsp3) is 0.650. The van der Waals surface area contributed by atoms with Gasteiger partial charge in [0.05, 0.1) is 13.1 Å². The van der Waals surface area contributed by atoms with Crippen molar-refractivity contribution < 1.29 is 23.2 Å². The Morgan fingerprint density at radius 2 is 1.88 bits per heavy atom. The summed E-state index contributed by atoms with van der Waals surface area (Å²) in [6.07, 6.45) is 7.39. The van der Waals surface area contributed by atoms with E-state index < -0.39 is 6.61 Å². The normalized spacial score (nSPS) is 25.6. The summed E-state index contributed by atoms with van der Waals surface area (Å²) in [6, 6.07) is 6.56. The molecule has 1 aromatic carbocycles. The zero-order valence-corrected chi connectivity index (χ0v) is 15.2. The third-order valence-corrected chi connectivity index (χ3v) is 5.78. The van der Waals surface area contributed by atoms with E-state index in [1.807, 2.05) is 0 Å². The first-order valence-corrected chi connectivity index (χ1v) is 9.74. The highest BCUT2D eigenvalue weighted by Crippen LogP contribution is 2.32. The Kier molecular flexibility index (Phi) is 6.83. The monoisotopic (exact) mass is 367 g/mol. The number of nitrogens with one attached hydrogen (secondary N) is 2. The quantitative estimate of drug-likeness (QED) is 0.775. The molecule has 1 aliphatic heterocycles. The van der Waals surface area contributed by atoms with Crippen molar-refractivity contribution in [2.75, 3.05) is 26.2 Å². The van der Waals surface area contributed by atoms with Gasteiger partial charge in [-0.15, -0.1) is 0 Å². The highest BCUT2D eigenvalue weighted by Gasteiger charge is 2.34. The maximum absolute atomic E-state index is 12.2. The van der Waals surface area contributed by atoms with Crippen molar-refractivity contribution in [1.29, 1.82) is 0 Å². The standard InChI is InChI=1S/C20H28F2N2O2/c21-20(22)26-18-7-5-15(6-8-18)9-11-23-19(25)14-24-12-10-16-3-1-2-4-17(16)13-24/h5-8,16-17,20H,1-4,9-14H2,(H,23,25)/p+1/t16-,17+/m0/s1. The topological polar surface area (TPSA) is 42.8 Å². The van der Waals surface area contributed by atoms with Gasteiger partial charge in [-0.25, -0.2) is 0 Å². The zero-order valence-electron chi connectivity index (χ0n) is 15.2. The number of benzene rings is 1. The van der Waals surface area contributed by atoms with Gasteiger partial charge in [0.2, 0.25) is 0 Å². The van der Waals surface area contributed by atoms with Crippen molar-refractivity contribution in [3.8, 4) is 5.75 Å². The number of likely N-dealkylation sites (tertiary alicyclic amines) is 1. The van der Waals surface area contributed by atoms with E-state index in [2.05, 4.69) is 10.1 Å². The van der Waals surface area contributed by atoms with Gasteiger partial charge in [-0.1, -0.05) is 25.0 Å². The highest BCUT2D eigenvalue weighted by atomic mass is 19.3. The fourth-order valence-corrected chi connectivity index (χ4v) is 4.43. The first kappa shape index (κ1) is 19.1. The first-order chi connectivity index (χ1) is 12.6. The summed E-state index contributed by atoms with van der Waals surface area (Å²) in [5.74, 6) is 1.97. The smallest absolute Gasteiger partial charge is 0.387 e. The molecule has 1 amide bonds. The van der Waals surface area contributed by atoms with Crippen LogP contribution in [0.5, 0.6) is 5.75 Å². The predicted octanol–water partition coefficient (Wildman–Crippen LogP) is 2.04. The maximum atomic E-state index is 12.2. The van der Waals surface area contributed by atoms with Gasteiger partial charge in [-0.3, -0.25) is 4.79 Å². The number of halogens is 2.